The molecule has 28 heavy (non-hydrogen) atoms. The first-order valence-electron chi connectivity index (χ1n) is 9.23. The molecule has 2 aliphatic rings. The molecule has 0 saturated carbocycles. The van der Waals surface area contributed by atoms with Crippen LogP contribution in [0.5, 0.6) is 5.75 Å². The second-order valence-corrected chi connectivity index (χ2v) is 8.09. The van der Waals surface area contributed by atoms with E-state index in [9.17, 15) is 0 Å². The summed E-state index contributed by atoms with van der Waals surface area (Å²) in [6, 6.07) is 22.1. The molecule has 0 bridgehead atoms. The number of hydrazone groups is 1. The number of hydrogen-bond donors (Lipinski definition) is 0. The topological polar surface area (TPSA) is 24.8 Å². The van der Waals surface area contributed by atoms with Crippen molar-refractivity contribution in [1.82, 2.24) is 5.01 Å². The van der Waals surface area contributed by atoms with Gasteiger partial charge in [0.1, 0.15) is 5.75 Å². The van der Waals surface area contributed by atoms with E-state index in [-0.39, 0.29) is 12.3 Å². The summed E-state index contributed by atoms with van der Waals surface area (Å²) >= 11 is 12.5. The van der Waals surface area contributed by atoms with Gasteiger partial charge in [0.05, 0.1) is 11.8 Å². The molecular weight excluding hydrogens is 391 g/mol. The van der Waals surface area contributed by atoms with Gasteiger partial charge in [-0.3, -0.25) is 0 Å². The predicted molar refractivity (Wildman–Crippen MR) is 113 cm³/mol. The van der Waals surface area contributed by atoms with Crippen LogP contribution in [0.4, 0.5) is 0 Å². The Balaban J connectivity index is 1.61. The molecule has 0 fully saturated rings. The van der Waals surface area contributed by atoms with Crippen molar-refractivity contribution in [1.29, 1.82) is 0 Å². The average molecular weight is 409 g/mol. The minimum absolute atomic E-state index is 0.0720. The van der Waals surface area contributed by atoms with Crippen molar-refractivity contribution in [3.8, 4) is 5.75 Å². The smallest absolute Gasteiger partial charge is 0.213 e. The summed E-state index contributed by atoms with van der Waals surface area (Å²) < 4.78 is 6.35. The molecule has 0 aromatic heterocycles. The van der Waals surface area contributed by atoms with E-state index in [1.165, 1.54) is 5.56 Å². The Labute approximate surface area is 174 Å². The molecule has 3 aromatic rings. The van der Waals surface area contributed by atoms with Crippen LogP contribution in [0.15, 0.2) is 71.8 Å². The molecule has 0 spiro atoms. The first-order chi connectivity index (χ1) is 13.6. The van der Waals surface area contributed by atoms with E-state index in [1.807, 2.05) is 47.5 Å². The number of benzene rings is 3. The Morgan fingerprint density at radius 2 is 1.75 bits per heavy atom. The van der Waals surface area contributed by atoms with E-state index in [4.69, 9.17) is 33.0 Å². The highest BCUT2D eigenvalue weighted by atomic mass is 35.5. The van der Waals surface area contributed by atoms with Crippen LogP contribution >= 0.6 is 23.2 Å². The molecule has 0 amide bonds. The monoisotopic (exact) mass is 408 g/mol. The molecule has 5 rings (SSSR count). The normalized spacial score (nSPS) is 20.2. The van der Waals surface area contributed by atoms with Crippen molar-refractivity contribution in [2.75, 3.05) is 0 Å². The molecular formula is C23H18Cl2N2O. The third-order valence-electron chi connectivity index (χ3n) is 5.27. The Kier molecular flexibility index (Phi) is 4.30. The summed E-state index contributed by atoms with van der Waals surface area (Å²) in [6.45, 7) is 2.09. The molecule has 0 N–H and O–H groups in total. The van der Waals surface area contributed by atoms with Crippen molar-refractivity contribution < 1.29 is 4.74 Å². The zero-order valence-electron chi connectivity index (χ0n) is 15.3. The minimum Gasteiger partial charge on any atom is -0.464 e. The number of nitrogens with zero attached hydrogens (tertiary/aromatic N) is 2. The van der Waals surface area contributed by atoms with Gasteiger partial charge in [-0.15, -0.1) is 0 Å². The second kappa shape index (κ2) is 6.84. The van der Waals surface area contributed by atoms with E-state index in [2.05, 4.69) is 31.2 Å². The number of rotatable bonds is 2. The van der Waals surface area contributed by atoms with Crippen molar-refractivity contribution in [3.63, 3.8) is 0 Å². The highest BCUT2D eigenvalue weighted by molar-refractivity contribution is 6.31. The minimum atomic E-state index is -0.333. The van der Waals surface area contributed by atoms with Crippen LogP contribution in [0, 0.1) is 6.92 Å². The standard InChI is InChI=1S/C23H18Cl2N2O/c1-14-5-7-15(8-6-14)20-13-21-19-12-18(25)9-10-22(19)28-23(27(21)26-20)16-3-2-4-17(24)11-16/h2-12,21,23H,13H2,1H3/t21-,23+/m0/s1. The molecule has 5 heteroatoms. The van der Waals surface area contributed by atoms with Crippen LogP contribution in [0.3, 0.4) is 0 Å². The van der Waals surface area contributed by atoms with E-state index >= 15 is 0 Å². The SMILES string of the molecule is Cc1ccc(C2=NN3[C@@H](c4cccc(Cl)c4)Oc4ccc(Cl)cc4[C@@H]3C2)cc1. The van der Waals surface area contributed by atoms with Crippen LogP contribution in [0.25, 0.3) is 0 Å². The van der Waals surface area contributed by atoms with Gasteiger partial charge >= 0.3 is 0 Å². The number of fused-ring (bicyclic) bond motifs is 3. The van der Waals surface area contributed by atoms with Gasteiger partial charge in [0.15, 0.2) is 0 Å². The van der Waals surface area contributed by atoms with Crippen molar-refractivity contribution >= 4 is 28.9 Å². The van der Waals surface area contributed by atoms with E-state index in [1.54, 1.807) is 0 Å². The maximum Gasteiger partial charge on any atom is 0.213 e. The van der Waals surface area contributed by atoms with Gasteiger partial charge in [0.25, 0.3) is 0 Å². The highest BCUT2D eigenvalue weighted by Crippen LogP contribution is 2.48. The molecule has 2 atom stereocenters. The van der Waals surface area contributed by atoms with Crippen LogP contribution in [-0.4, -0.2) is 10.7 Å². The summed E-state index contributed by atoms with van der Waals surface area (Å²) in [4.78, 5) is 0. The lowest BCUT2D eigenvalue weighted by atomic mass is 9.95. The number of hydrogen-bond acceptors (Lipinski definition) is 3. The van der Waals surface area contributed by atoms with Crippen LogP contribution in [0.1, 0.15) is 40.9 Å². The first kappa shape index (κ1) is 17.6. The van der Waals surface area contributed by atoms with Crippen LogP contribution < -0.4 is 4.74 Å². The van der Waals surface area contributed by atoms with Crippen molar-refractivity contribution in [3.05, 3.63) is 99.0 Å². The van der Waals surface area contributed by atoms with Crippen LogP contribution in [0.2, 0.25) is 10.0 Å². The van der Waals surface area contributed by atoms with E-state index in [0.717, 1.165) is 34.6 Å². The second-order valence-electron chi connectivity index (χ2n) is 7.22. The van der Waals surface area contributed by atoms with E-state index in [0.29, 0.717) is 10.0 Å². The molecule has 0 aliphatic carbocycles. The largest absolute Gasteiger partial charge is 0.464 e. The lowest BCUT2D eigenvalue weighted by Gasteiger charge is -2.38. The highest BCUT2D eigenvalue weighted by Gasteiger charge is 2.41. The molecule has 0 unspecified atom stereocenters. The van der Waals surface area contributed by atoms with Gasteiger partial charge in [0.2, 0.25) is 6.23 Å². The maximum atomic E-state index is 6.35. The van der Waals surface area contributed by atoms with Crippen LogP contribution in [-0.2, 0) is 0 Å². The average Bonchev–Trinajstić information content (AvgIpc) is 3.14. The number of halogens is 2. The fourth-order valence-corrected chi connectivity index (χ4v) is 4.24. The van der Waals surface area contributed by atoms with Gasteiger partial charge < -0.3 is 4.74 Å². The number of ether oxygens (including phenoxy) is 1. The molecule has 3 nitrogen and oxygen atoms in total. The number of aryl methyl sites for hydroxylation is 1. The zero-order valence-corrected chi connectivity index (χ0v) is 16.8. The Hall–Kier alpha value is -2.49. The third kappa shape index (κ3) is 3.05. The third-order valence-corrected chi connectivity index (χ3v) is 5.74. The summed E-state index contributed by atoms with van der Waals surface area (Å²) in [7, 11) is 0. The Bertz CT molecular complexity index is 1080. The summed E-state index contributed by atoms with van der Waals surface area (Å²) in [5, 5.41) is 8.39. The molecule has 140 valence electrons. The molecule has 2 heterocycles. The van der Waals surface area contributed by atoms with Gasteiger partial charge in [-0.1, -0.05) is 65.2 Å². The maximum absolute atomic E-state index is 6.35. The molecule has 0 radical (unpaired) electrons. The van der Waals surface area contributed by atoms with Gasteiger partial charge in [-0.2, -0.15) is 5.10 Å². The fraction of sp³-hybridized carbons (Fsp3) is 0.174. The summed E-state index contributed by atoms with van der Waals surface area (Å²) in [5.74, 6) is 0.844. The van der Waals surface area contributed by atoms with Crippen molar-refractivity contribution in [2.24, 2.45) is 5.10 Å². The quantitative estimate of drug-likeness (QED) is 0.480. The Morgan fingerprint density at radius 3 is 2.54 bits per heavy atom. The Morgan fingerprint density at radius 1 is 0.964 bits per heavy atom. The summed E-state index contributed by atoms with van der Waals surface area (Å²) in [5.41, 5.74) is 5.46. The fourth-order valence-electron chi connectivity index (χ4n) is 3.86. The lowest BCUT2D eigenvalue weighted by Crippen LogP contribution is -2.33. The van der Waals surface area contributed by atoms with Gasteiger partial charge in [-0.25, -0.2) is 5.01 Å². The molecule has 2 aliphatic heterocycles. The molecule has 3 aromatic carbocycles. The van der Waals surface area contributed by atoms with Gasteiger partial charge in [-0.05, 0) is 42.8 Å². The predicted octanol–water partition coefficient (Wildman–Crippen LogP) is 6.54. The van der Waals surface area contributed by atoms with Gasteiger partial charge in [0, 0.05) is 27.6 Å². The summed E-state index contributed by atoms with van der Waals surface area (Å²) in [6.07, 6.45) is 0.469. The van der Waals surface area contributed by atoms with E-state index < -0.39 is 0 Å². The molecule has 0 saturated heterocycles. The lowest BCUT2D eigenvalue weighted by molar-refractivity contribution is -0.0190. The first-order valence-corrected chi connectivity index (χ1v) is 9.98. The van der Waals surface area contributed by atoms with Crippen molar-refractivity contribution in [2.45, 2.75) is 25.6 Å². The zero-order chi connectivity index (χ0) is 19.3.